The van der Waals surface area contributed by atoms with Crippen molar-refractivity contribution in [1.29, 1.82) is 0 Å². The summed E-state index contributed by atoms with van der Waals surface area (Å²) in [5.41, 5.74) is -0.363. The van der Waals surface area contributed by atoms with Gasteiger partial charge in [-0.05, 0) is 61.7 Å². The molecule has 2 N–H and O–H groups in total. The van der Waals surface area contributed by atoms with Gasteiger partial charge >= 0.3 is 0 Å². The molecule has 0 aromatic heterocycles. The fraction of sp³-hybridized carbons (Fsp3) is 0.944. The van der Waals surface area contributed by atoms with Gasteiger partial charge in [-0.15, -0.1) is 0 Å². The molecule has 0 unspecified atom stereocenters. The summed E-state index contributed by atoms with van der Waals surface area (Å²) in [7, 11) is 0. The van der Waals surface area contributed by atoms with Gasteiger partial charge in [0.1, 0.15) is 6.10 Å². The van der Waals surface area contributed by atoms with Gasteiger partial charge in [-0.3, -0.25) is 4.79 Å². The number of hydrogen-bond acceptors (Lipinski definition) is 4. The van der Waals surface area contributed by atoms with Gasteiger partial charge in [0.15, 0.2) is 5.78 Å². The van der Waals surface area contributed by atoms with E-state index in [2.05, 4.69) is 6.92 Å². The van der Waals surface area contributed by atoms with E-state index in [9.17, 15) is 15.0 Å². The molecule has 1 aliphatic heterocycles. The predicted molar refractivity (Wildman–Crippen MR) is 81.1 cm³/mol. The van der Waals surface area contributed by atoms with Crippen LogP contribution in [0.5, 0.6) is 0 Å². The Morgan fingerprint density at radius 3 is 2.68 bits per heavy atom. The molecular formula is C18H28O4. The molecule has 4 nitrogen and oxygen atoms in total. The fourth-order valence-electron chi connectivity index (χ4n) is 6.24. The molecule has 0 spiro atoms. The van der Waals surface area contributed by atoms with Crippen LogP contribution >= 0.6 is 0 Å². The van der Waals surface area contributed by atoms with Crippen molar-refractivity contribution in [2.24, 2.45) is 28.6 Å². The van der Waals surface area contributed by atoms with Gasteiger partial charge in [0.05, 0.1) is 24.2 Å². The fourth-order valence-corrected chi connectivity index (χ4v) is 6.24. The van der Waals surface area contributed by atoms with E-state index in [4.69, 9.17) is 4.74 Å². The summed E-state index contributed by atoms with van der Waals surface area (Å²) in [5.74, 6) is 1.17. The number of aliphatic hydroxyl groups is 2. The number of hydrogen-bond donors (Lipinski definition) is 2. The first-order valence-electron chi connectivity index (χ1n) is 8.88. The Balaban J connectivity index is 1.64. The number of ether oxygens (including phenoxy) is 1. The normalized spacial score (nSPS) is 57.9. The van der Waals surface area contributed by atoms with Gasteiger partial charge in [-0.25, -0.2) is 0 Å². The van der Waals surface area contributed by atoms with Crippen LogP contribution in [0.4, 0.5) is 0 Å². The number of carbonyl (C=O) groups excluding carboxylic acids is 1. The number of rotatable bonds is 0. The van der Waals surface area contributed by atoms with Crippen LogP contribution in [0.2, 0.25) is 0 Å². The Kier molecular flexibility index (Phi) is 3.28. The van der Waals surface area contributed by atoms with E-state index in [-0.39, 0.29) is 29.3 Å². The van der Waals surface area contributed by atoms with Crippen LogP contribution < -0.4 is 0 Å². The SMILES string of the molecule is C[C@]12CC[C@H](O)C[C@H]1CC[C@@H]1[C@@H]2OC[C@]2(C)C(=O)[C@H](O)C[C@@H]12. The lowest BCUT2D eigenvalue weighted by molar-refractivity contribution is -0.213. The largest absolute Gasteiger partial charge is 0.393 e. The number of fused-ring (bicyclic) bond motifs is 5. The maximum Gasteiger partial charge on any atom is 0.169 e. The van der Waals surface area contributed by atoms with Crippen LogP contribution in [0.25, 0.3) is 0 Å². The Morgan fingerprint density at radius 1 is 1.14 bits per heavy atom. The van der Waals surface area contributed by atoms with Crippen LogP contribution in [0.1, 0.15) is 52.4 Å². The number of carbonyl (C=O) groups is 1. The molecular weight excluding hydrogens is 280 g/mol. The Morgan fingerprint density at radius 2 is 1.91 bits per heavy atom. The minimum atomic E-state index is -0.795. The third-order valence-corrected chi connectivity index (χ3v) is 7.63. The zero-order valence-corrected chi connectivity index (χ0v) is 13.6. The molecule has 1 heterocycles. The third kappa shape index (κ3) is 1.83. The van der Waals surface area contributed by atoms with Crippen LogP contribution in [0, 0.1) is 28.6 Å². The lowest BCUT2D eigenvalue weighted by atomic mass is 9.51. The van der Waals surface area contributed by atoms with Gasteiger partial charge < -0.3 is 14.9 Å². The summed E-state index contributed by atoms with van der Waals surface area (Å²) in [6.45, 7) is 4.78. The molecule has 4 heteroatoms. The van der Waals surface area contributed by atoms with Gasteiger partial charge in [0.25, 0.3) is 0 Å². The molecule has 22 heavy (non-hydrogen) atoms. The van der Waals surface area contributed by atoms with E-state index in [0.29, 0.717) is 24.9 Å². The van der Waals surface area contributed by atoms with Crippen molar-refractivity contribution in [3.63, 3.8) is 0 Å². The summed E-state index contributed by atoms with van der Waals surface area (Å²) in [6, 6.07) is 0. The summed E-state index contributed by atoms with van der Waals surface area (Å²) in [4.78, 5) is 12.4. The van der Waals surface area contributed by atoms with Gasteiger partial charge in [-0.1, -0.05) is 13.8 Å². The molecule has 0 aromatic carbocycles. The first-order valence-corrected chi connectivity index (χ1v) is 8.88. The Bertz CT molecular complexity index is 491. The molecule has 4 aliphatic rings. The molecule has 0 amide bonds. The molecule has 0 aromatic rings. The minimum Gasteiger partial charge on any atom is -0.393 e. The second-order valence-corrected chi connectivity index (χ2v) is 8.74. The average Bonchev–Trinajstić information content (AvgIpc) is 2.72. The van der Waals surface area contributed by atoms with E-state index >= 15 is 0 Å². The van der Waals surface area contributed by atoms with Crippen molar-refractivity contribution in [3.05, 3.63) is 0 Å². The van der Waals surface area contributed by atoms with Crippen LogP contribution in [0.3, 0.4) is 0 Å². The summed E-state index contributed by atoms with van der Waals surface area (Å²) < 4.78 is 6.31. The lowest BCUT2D eigenvalue weighted by Crippen LogP contribution is -2.59. The van der Waals surface area contributed by atoms with Crippen molar-refractivity contribution >= 4 is 5.78 Å². The lowest BCUT2D eigenvalue weighted by Gasteiger charge is -2.59. The highest BCUT2D eigenvalue weighted by Crippen LogP contribution is 2.61. The van der Waals surface area contributed by atoms with Crippen molar-refractivity contribution in [3.8, 4) is 0 Å². The topological polar surface area (TPSA) is 66.8 Å². The summed E-state index contributed by atoms with van der Waals surface area (Å²) in [5, 5.41) is 20.1. The first-order chi connectivity index (χ1) is 10.4. The van der Waals surface area contributed by atoms with Gasteiger partial charge in [0, 0.05) is 0 Å². The monoisotopic (exact) mass is 308 g/mol. The molecule has 4 fully saturated rings. The summed E-state index contributed by atoms with van der Waals surface area (Å²) >= 11 is 0. The standard InChI is InChI=1S/C18H28O4/c1-17-6-5-11(19)7-10(17)3-4-12-13-8-14(20)15(21)18(13,2)9-22-16(12)17/h10-14,16,19-20H,3-9H2,1-2H3/t10-,11+,12+,13+,14-,16+,17+,18+/m1/s1. The molecule has 1 saturated heterocycles. The van der Waals surface area contributed by atoms with E-state index in [1.54, 1.807) is 0 Å². The average molecular weight is 308 g/mol. The first kappa shape index (κ1) is 15.1. The van der Waals surface area contributed by atoms with Crippen LogP contribution in [0.15, 0.2) is 0 Å². The second-order valence-electron chi connectivity index (χ2n) is 8.74. The van der Waals surface area contributed by atoms with Crippen LogP contribution in [-0.2, 0) is 9.53 Å². The molecule has 0 bridgehead atoms. The quantitative estimate of drug-likeness (QED) is 0.717. The van der Waals surface area contributed by atoms with Crippen molar-refractivity contribution in [2.45, 2.75) is 70.7 Å². The van der Waals surface area contributed by atoms with Gasteiger partial charge in [0.2, 0.25) is 0 Å². The number of Topliss-reactive ketones (excluding diaryl/α,β-unsaturated/α-hetero) is 1. The van der Waals surface area contributed by atoms with E-state index < -0.39 is 11.5 Å². The van der Waals surface area contributed by atoms with E-state index in [1.807, 2.05) is 6.92 Å². The van der Waals surface area contributed by atoms with Gasteiger partial charge in [-0.2, -0.15) is 0 Å². The predicted octanol–water partition coefficient (Wildman–Crippen LogP) is 1.92. The Labute approximate surface area is 132 Å². The highest BCUT2D eigenvalue weighted by molar-refractivity contribution is 5.91. The smallest absolute Gasteiger partial charge is 0.169 e. The molecule has 3 aliphatic carbocycles. The van der Waals surface area contributed by atoms with Crippen molar-refractivity contribution < 1.29 is 19.7 Å². The maximum absolute atomic E-state index is 12.4. The highest BCUT2D eigenvalue weighted by atomic mass is 16.5. The van der Waals surface area contributed by atoms with Crippen molar-refractivity contribution in [1.82, 2.24) is 0 Å². The maximum atomic E-state index is 12.4. The van der Waals surface area contributed by atoms with Crippen molar-refractivity contribution in [2.75, 3.05) is 6.61 Å². The zero-order chi connectivity index (χ0) is 15.7. The summed E-state index contributed by atoms with van der Waals surface area (Å²) in [6.07, 6.45) is 4.82. The third-order valence-electron chi connectivity index (χ3n) is 7.63. The zero-order valence-electron chi connectivity index (χ0n) is 13.6. The molecule has 124 valence electrons. The molecule has 3 saturated carbocycles. The second kappa shape index (κ2) is 4.78. The molecule has 4 rings (SSSR count). The Hall–Kier alpha value is -0.450. The van der Waals surface area contributed by atoms with E-state index in [0.717, 1.165) is 32.1 Å². The molecule has 8 atom stereocenters. The van der Waals surface area contributed by atoms with E-state index in [1.165, 1.54) is 0 Å². The highest BCUT2D eigenvalue weighted by Gasteiger charge is 2.63. The molecule has 0 radical (unpaired) electrons. The number of aliphatic hydroxyl groups excluding tert-OH is 2. The minimum absolute atomic E-state index is 0.0118. The number of ketones is 1. The van der Waals surface area contributed by atoms with Crippen LogP contribution in [-0.4, -0.2) is 40.9 Å².